The normalized spacial score (nSPS) is 12.4. The first-order valence-corrected chi connectivity index (χ1v) is 40.2. The largest absolute Gasteiger partial charge is 0.494 e. The van der Waals surface area contributed by atoms with E-state index >= 15 is 0 Å². The molecule has 10 nitrogen and oxygen atoms in total. The van der Waals surface area contributed by atoms with Crippen molar-refractivity contribution in [2.75, 3.05) is 0 Å². The molecule has 19 rings (SSSR count). The molecule has 1 fully saturated rings. The Kier molecular flexibility index (Phi) is 24.0. The number of hydrogen-bond acceptors (Lipinski definition) is 10. The summed E-state index contributed by atoms with van der Waals surface area (Å²) in [5, 5.41) is 0. The molecule has 119 heavy (non-hydrogen) atoms. The van der Waals surface area contributed by atoms with Crippen molar-refractivity contribution in [3.8, 4) is 168 Å². The highest BCUT2D eigenvalue weighted by molar-refractivity contribution is 9.10. The molecule has 0 spiro atoms. The van der Waals surface area contributed by atoms with E-state index in [1.807, 2.05) is 67.0 Å². The number of rotatable bonds is 16. The average Bonchev–Trinajstić information content (AvgIpc) is 1.69. The Morgan fingerprint density at radius 2 is 0.420 bits per heavy atom. The molecule has 0 bridgehead atoms. The summed E-state index contributed by atoms with van der Waals surface area (Å²) in [5.41, 5.74) is 25.4. The Morgan fingerprint density at radius 3 is 0.723 bits per heavy atom. The van der Waals surface area contributed by atoms with Gasteiger partial charge in [0.15, 0.2) is 34.9 Å². The van der Waals surface area contributed by atoms with Crippen molar-refractivity contribution in [1.29, 1.82) is 0 Å². The number of halogens is 2. The summed E-state index contributed by atoms with van der Waals surface area (Å²) >= 11 is 3.27. The van der Waals surface area contributed by atoms with E-state index in [4.69, 9.17) is 39.2 Å². The summed E-state index contributed by atoms with van der Waals surface area (Å²) in [7, 11) is -0.588. The van der Waals surface area contributed by atoms with Gasteiger partial charge in [0, 0.05) is 62.6 Å². The second-order valence-electron chi connectivity index (χ2n) is 29.8. The van der Waals surface area contributed by atoms with Crippen LogP contribution < -0.4 is 5.46 Å². The maximum atomic E-state index is 6.65. The molecule has 1 aliphatic heterocycles. The SMILES string of the molecule is Brc1ccncc1.CC1(C)OB(c2cc(-c3nc(-c4ccc(-c5ccccc5)cc4)nc(-c4ccc(-c5ccccc5)cc4)n3)cc(-c3ccccc3-c3ccccc3)c2)OC1(C)C.Cl.c1ccc(-c2ccc(-c3nc(-c4ccc(-c5ccccc5)cc4)nc(-c4cc(-c5ccncc5)cc(-c5ccccc5-c5ccccc5)c4)n3)cc2)cc1. The van der Waals surface area contributed by atoms with Crippen LogP contribution in [0.25, 0.3) is 168 Å². The Balaban J connectivity index is 0.000000163. The first-order valence-electron chi connectivity index (χ1n) is 39.4. The van der Waals surface area contributed by atoms with Crippen molar-refractivity contribution in [3.63, 3.8) is 0 Å². The second-order valence-corrected chi connectivity index (χ2v) is 30.8. The minimum Gasteiger partial charge on any atom is -0.399 e. The van der Waals surface area contributed by atoms with Crippen LogP contribution in [-0.4, -0.2) is 58.2 Å². The van der Waals surface area contributed by atoms with E-state index in [9.17, 15) is 0 Å². The van der Waals surface area contributed by atoms with Gasteiger partial charge < -0.3 is 9.31 Å². The van der Waals surface area contributed by atoms with Gasteiger partial charge in [0.1, 0.15) is 0 Å². The van der Waals surface area contributed by atoms with Gasteiger partial charge in [0.25, 0.3) is 0 Å². The van der Waals surface area contributed by atoms with E-state index in [1.54, 1.807) is 12.4 Å². The van der Waals surface area contributed by atoms with E-state index in [0.717, 1.165) is 143 Å². The molecular weight excluding hydrogens is 1540 g/mol. The fraction of sp³-hybridized carbons (Fsp3) is 0.0566. The van der Waals surface area contributed by atoms with E-state index in [2.05, 4.69) is 387 Å². The zero-order valence-electron chi connectivity index (χ0n) is 66.0. The van der Waals surface area contributed by atoms with Crippen molar-refractivity contribution >= 4 is 40.9 Å². The van der Waals surface area contributed by atoms with E-state index in [-0.39, 0.29) is 12.4 Å². The number of nitrogens with zero attached hydrogens (tertiary/aromatic N) is 8. The van der Waals surface area contributed by atoms with Crippen LogP contribution in [0.4, 0.5) is 0 Å². The first kappa shape index (κ1) is 79.0. The predicted octanol–water partition coefficient (Wildman–Crippen LogP) is 26.7. The summed E-state index contributed by atoms with van der Waals surface area (Å²) < 4.78 is 14.4. The fourth-order valence-corrected chi connectivity index (χ4v) is 14.7. The van der Waals surface area contributed by atoms with E-state index in [1.165, 1.54) is 0 Å². The fourth-order valence-electron chi connectivity index (χ4n) is 14.5. The third-order valence-corrected chi connectivity index (χ3v) is 22.0. The lowest BCUT2D eigenvalue weighted by molar-refractivity contribution is 0.00578. The Hall–Kier alpha value is -13.8. The summed E-state index contributed by atoms with van der Waals surface area (Å²) in [6, 6.07) is 134. The molecule has 0 unspecified atom stereocenters. The monoisotopic (exact) mass is 1620 g/mol. The maximum absolute atomic E-state index is 6.65. The van der Waals surface area contributed by atoms with Crippen LogP contribution in [0.1, 0.15) is 27.7 Å². The number of aromatic nitrogens is 8. The third-order valence-electron chi connectivity index (χ3n) is 21.5. The van der Waals surface area contributed by atoms with Crippen molar-refractivity contribution in [2.45, 2.75) is 38.9 Å². The molecule has 0 amide bonds. The highest BCUT2D eigenvalue weighted by Gasteiger charge is 2.52. The zero-order chi connectivity index (χ0) is 80.2. The molecule has 4 aromatic heterocycles. The lowest BCUT2D eigenvalue weighted by Crippen LogP contribution is -2.41. The number of pyridine rings is 2. The van der Waals surface area contributed by atoms with Crippen molar-refractivity contribution in [2.24, 2.45) is 0 Å². The van der Waals surface area contributed by atoms with Crippen molar-refractivity contribution in [1.82, 2.24) is 39.9 Å². The predicted molar refractivity (Wildman–Crippen MR) is 494 cm³/mol. The maximum Gasteiger partial charge on any atom is 0.494 e. The van der Waals surface area contributed by atoms with E-state index < -0.39 is 18.3 Å². The molecular formula is C106H81BBrClN8O2. The molecule has 14 aromatic carbocycles. The Labute approximate surface area is 709 Å². The molecule has 0 atom stereocenters. The summed E-state index contributed by atoms with van der Waals surface area (Å²) in [4.78, 5) is 39.1. The summed E-state index contributed by atoms with van der Waals surface area (Å²) in [5.74, 6) is 3.57. The summed E-state index contributed by atoms with van der Waals surface area (Å²) in [6.07, 6.45) is 7.14. The standard InChI is InChI=1S/C51H42BN3O2.C50H34N4.C5H4BrN.ClH/c1-50(2)51(3,4)57-52(56-50)44-33-42(46-23-15-14-22-45(46)39-20-12-7-13-21-39)32-43(34-44)49-54-47(40-28-24-37(25-29-40)35-16-8-5-9-17-35)53-48(55-49)41-30-26-38(27-31-41)36-18-10-6-11-19-36;1-4-12-35(13-5-1)37-20-24-41(25-21-37)48-52-49(42-26-22-38(23-27-42)36-14-6-2-7-15-36)54-50(53-48)45-33-43(39-28-30-51-31-29-39)32-44(34-45)47-19-11-10-18-46(47)40-16-8-3-9-17-40;6-5-1-3-7-4-2-5;/h5-34H,1-4H3;1-34H;1-4H;1H. The second kappa shape index (κ2) is 36.1. The van der Waals surface area contributed by atoms with Crippen molar-refractivity contribution < 1.29 is 9.31 Å². The van der Waals surface area contributed by atoms with Gasteiger partial charge in [-0.2, -0.15) is 0 Å². The molecule has 0 aliphatic carbocycles. The molecule has 13 heteroatoms. The van der Waals surface area contributed by atoms with Gasteiger partial charge in [-0.3, -0.25) is 9.97 Å². The van der Waals surface area contributed by atoms with Gasteiger partial charge in [-0.15, -0.1) is 12.4 Å². The van der Waals surface area contributed by atoms with Crippen LogP contribution in [0.3, 0.4) is 0 Å². The first-order chi connectivity index (χ1) is 57.8. The van der Waals surface area contributed by atoms with Gasteiger partial charge in [0.05, 0.1) is 11.2 Å². The summed E-state index contributed by atoms with van der Waals surface area (Å²) in [6.45, 7) is 8.33. The van der Waals surface area contributed by atoms with Gasteiger partial charge in [-0.25, -0.2) is 29.9 Å². The molecule has 1 aliphatic rings. The van der Waals surface area contributed by atoms with Crippen molar-refractivity contribution in [3.05, 3.63) is 418 Å². The van der Waals surface area contributed by atoms with Gasteiger partial charge in [-0.05, 0) is 182 Å². The molecule has 18 aromatic rings. The number of hydrogen-bond donors (Lipinski definition) is 0. The Morgan fingerprint density at radius 1 is 0.210 bits per heavy atom. The molecule has 1 saturated heterocycles. The van der Waals surface area contributed by atoms with Crippen LogP contribution in [0, 0.1) is 0 Å². The highest BCUT2D eigenvalue weighted by Crippen LogP contribution is 2.42. The topological polar surface area (TPSA) is 122 Å². The zero-order valence-corrected chi connectivity index (χ0v) is 68.4. The molecule has 0 N–H and O–H groups in total. The van der Waals surface area contributed by atoms with Gasteiger partial charge >= 0.3 is 7.12 Å². The van der Waals surface area contributed by atoms with Crippen LogP contribution >= 0.6 is 28.3 Å². The minimum absolute atomic E-state index is 0. The van der Waals surface area contributed by atoms with Crippen LogP contribution in [0.15, 0.2) is 418 Å². The molecule has 0 saturated carbocycles. The Bertz CT molecular complexity index is 6230. The van der Waals surface area contributed by atoms with Gasteiger partial charge in [-0.1, -0.05) is 356 Å². The van der Waals surface area contributed by atoms with Gasteiger partial charge in [0.2, 0.25) is 0 Å². The lowest BCUT2D eigenvalue weighted by Gasteiger charge is -2.32. The molecule has 574 valence electrons. The highest BCUT2D eigenvalue weighted by atomic mass is 79.9. The molecule has 5 heterocycles. The smallest absolute Gasteiger partial charge is 0.399 e. The van der Waals surface area contributed by atoms with Crippen LogP contribution in [0.5, 0.6) is 0 Å². The minimum atomic E-state index is -0.588. The average molecular weight is 1630 g/mol. The third kappa shape index (κ3) is 18.4. The van der Waals surface area contributed by atoms with Crippen LogP contribution in [0.2, 0.25) is 0 Å². The molecule has 0 radical (unpaired) electrons. The van der Waals surface area contributed by atoms with E-state index in [0.29, 0.717) is 34.9 Å². The lowest BCUT2D eigenvalue weighted by atomic mass is 9.76. The quantitative estimate of drug-likeness (QED) is 0.0865. The number of benzene rings is 14. The van der Waals surface area contributed by atoms with Crippen LogP contribution in [-0.2, 0) is 9.31 Å².